The lowest BCUT2D eigenvalue weighted by molar-refractivity contribution is 0.0920. The molecule has 1 aliphatic rings. The zero-order chi connectivity index (χ0) is 20.2. The van der Waals surface area contributed by atoms with Crippen LogP contribution in [-0.4, -0.2) is 37.3 Å². The molecule has 1 heterocycles. The van der Waals surface area contributed by atoms with Gasteiger partial charge in [-0.2, -0.15) is 0 Å². The summed E-state index contributed by atoms with van der Waals surface area (Å²) in [6.07, 6.45) is 0.365. The molecular weight excluding hydrogens is 362 g/mol. The first-order valence-electron chi connectivity index (χ1n) is 9.98. The van der Waals surface area contributed by atoms with Gasteiger partial charge in [-0.15, -0.1) is 0 Å². The molecule has 1 N–H and O–H groups in total. The number of aliphatic hydroxyl groups is 1. The lowest BCUT2D eigenvalue weighted by atomic mass is 9.87. The predicted molar refractivity (Wildman–Crippen MR) is 115 cm³/mol. The number of benzene rings is 3. The zero-order valence-electron chi connectivity index (χ0n) is 16.9. The van der Waals surface area contributed by atoms with Crippen LogP contribution in [0, 0.1) is 0 Å². The van der Waals surface area contributed by atoms with E-state index in [0.29, 0.717) is 6.54 Å². The van der Waals surface area contributed by atoms with Crippen LogP contribution in [0.3, 0.4) is 0 Å². The van der Waals surface area contributed by atoms with Gasteiger partial charge in [-0.1, -0.05) is 60.7 Å². The van der Waals surface area contributed by atoms with E-state index in [4.69, 9.17) is 9.47 Å². The lowest BCUT2D eigenvalue weighted by Crippen LogP contribution is -2.38. The fourth-order valence-corrected chi connectivity index (χ4v) is 4.22. The fourth-order valence-electron chi connectivity index (χ4n) is 4.22. The molecule has 4 heteroatoms. The Balaban J connectivity index is 1.73. The molecule has 4 nitrogen and oxygen atoms in total. The Morgan fingerprint density at radius 3 is 2.21 bits per heavy atom. The Bertz CT molecular complexity index is 943. The summed E-state index contributed by atoms with van der Waals surface area (Å²) in [5.74, 6) is 1.49. The summed E-state index contributed by atoms with van der Waals surface area (Å²) in [6.45, 7) is 1.43. The molecule has 0 fully saturated rings. The maximum absolute atomic E-state index is 10.9. The highest BCUT2D eigenvalue weighted by molar-refractivity contribution is 5.51. The van der Waals surface area contributed by atoms with Crippen LogP contribution >= 0.6 is 0 Å². The van der Waals surface area contributed by atoms with E-state index in [0.717, 1.165) is 30.0 Å². The number of β-amino-alcohol motifs (C(OH)–C–C–N with tert-alkyl or cyclic N) is 1. The minimum atomic E-state index is -0.538. The number of fused-ring (bicyclic) bond motifs is 1. The van der Waals surface area contributed by atoms with E-state index in [1.807, 2.05) is 36.4 Å². The normalized spacial score (nSPS) is 17.4. The second-order valence-electron chi connectivity index (χ2n) is 7.39. The van der Waals surface area contributed by atoms with Gasteiger partial charge in [0, 0.05) is 13.1 Å². The maximum Gasteiger partial charge on any atom is 0.161 e. The monoisotopic (exact) mass is 389 g/mol. The van der Waals surface area contributed by atoms with E-state index in [1.54, 1.807) is 14.2 Å². The molecule has 29 heavy (non-hydrogen) atoms. The molecule has 0 saturated carbocycles. The van der Waals surface area contributed by atoms with E-state index >= 15 is 0 Å². The highest BCUT2D eigenvalue weighted by Gasteiger charge is 2.31. The first kappa shape index (κ1) is 19.5. The SMILES string of the molecule is COc1cc2c(cc1OC)[C@@H](c1ccccc1)N(C[C@@H](O)c1ccccc1)CC2. The standard InChI is InChI=1S/C25H27NO3/c1-28-23-15-20-13-14-26(17-22(27)18-9-5-3-6-10-18)25(19-11-7-4-8-12-19)21(20)16-24(23)29-2/h3-12,15-16,22,25,27H,13-14,17H2,1-2H3/t22-,25-/m1/s1. The van der Waals surface area contributed by atoms with Crippen molar-refractivity contribution in [3.05, 3.63) is 95.1 Å². The second-order valence-corrected chi connectivity index (χ2v) is 7.39. The molecule has 2 atom stereocenters. The maximum atomic E-state index is 10.9. The summed E-state index contributed by atoms with van der Waals surface area (Å²) in [7, 11) is 3.34. The summed E-state index contributed by atoms with van der Waals surface area (Å²) >= 11 is 0. The summed E-state index contributed by atoms with van der Waals surface area (Å²) in [6, 6.07) is 24.6. The molecule has 0 radical (unpaired) electrons. The van der Waals surface area contributed by atoms with E-state index < -0.39 is 6.10 Å². The van der Waals surface area contributed by atoms with E-state index in [9.17, 15) is 5.11 Å². The van der Waals surface area contributed by atoms with Gasteiger partial charge in [0.25, 0.3) is 0 Å². The first-order chi connectivity index (χ1) is 14.2. The van der Waals surface area contributed by atoms with Crippen LogP contribution in [0.25, 0.3) is 0 Å². The first-order valence-corrected chi connectivity index (χ1v) is 9.98. The highest BCUT2D eigenvalue weighted by Crippen LogP contribution is 2.41. The number of methoxy groups -OCH3 is 2. The molecule has 0 spiro atoms. The quantitative estimate of drug-likeness (QED) is 0.679. The van der Waals surface area contributed by atoms with Gasteiger partial charge in [0.05, 0.1) is 26.4 Å². The van der Waals surface area contributed by atoms with Gasteiger partial charge in [0.2, 0.25) is 0 Å². The van der Waals surface area contributed by atoms with Crippen LogP contribution in [-0.2, 0) is 6.42 Å². The second kappa shape index (κ2) is 8.68. The van der Waals surface area contributed by atoms with Crippen molar-refractivity contribution in [3.8, 4) is 11.5 Å². The van der Waals surface area contributed by atoms with Crippen molar-refractivity contribution in [1.29, 1.82) is 0 Å². The largest absolute Gasteiger partial charge is 0.493 e. The molecule has 0 saturated heterocycles. The molecule has 0 bridgehead atoms. The molecule has 0 amide bonds. The Hall–Kier alpha value is -2.82. The third-order valence-corrected chi connectivity index (χ3v) is 5.68. The molecule has 0 unspecified atom stereocenters. The van der Waals surface area contributed by atoms with Gasteiger partial charge in [-0.25, -0.2) is 0 Å². The number of hydrogen-bond acceptors (Lipinski definition) is 4. The molecule has 0 aromatic heterocycles. The van der Waals surface area contributed by atoms with Crippen molar-refractivity contribution >= 4 is 0 Å². The minimum Gasteiger partial charge on any atom is -0.493 e. The summed E-state index contributed by atoms with van der Waals surface area (Å²) in [5.41, 5.74) is 4.63. The van der Waals surface area contributed by atoms with Crippen LogP contribution in [0.2, 0.25) is 0 Å². The third-order valence-electron chi connectivity index (χ3n) is 5.68. The van der Waals surface area contributed by atoms with Crippen LogP contribution in [0.5, 0.6) is 11.5 Å². The number of ether oxygens (including phenoxy) is 2. The average molecular weight is 389 g/mol. The molecular formula is C25H27NO3. The van der Waals surface area contributed by atoms with Gasteiger partial charge in [0.15, 0.2) is 11.5 Å². The molecule has 3 aromatic carbocycles. The van der Waals surface area contributed by atoms with Crippen molar-refractivity contribution in [1.82, 2.24) is 4.90 Å². The van der Waals surface area contributed by atoms with Crippen LogP contribution in [0.4, 0.5) is 0 Å². The average Bonchev–Trinajstić information content (AvgIpc) is 2.79. The Morgan fingerprint density at radius 1 is 0.931 bits per heavy atom. The number of aliphatic hydroxyl groups excluding tert-OH is 1. The van der Waals surface area contributed by atoms with Gasteiger partial charge < -0.3 is 14.6 Å². The zero-order valence-corrected chi connectivity index (χ0v) is 16.9. The van der Waals surface area contributed by atoms with E-state index in [2.05, 4.69) is 41.3 Å². The number of hydrogen-bond donors (Lipinski definition) is 1. The van der Waals surface area contributed by atoms with Crippen LogP contribution < -0.4 is 9.47 Å². The Kier molecular flexibility index (Phi) is 5.84. The molecule has 4 rings (SSSR count). The van der Waals surface area contributed by atoms with Gasteiger partial charge in [-0.05, 0) is 40.8 Å². The third kappa shape index (κ3) is 4.00. The van der Waals surface area contributed by atoms with Crippen molar-refractivity contribution < 1.29 is 14.6 Å². The summed E-state index contributed by atoms with van der Waals surface area (Å²) in [4.78, 5) is 2.36. The Morgan fingerprint density at radius 2 is 1.55 bits per heavy atom. The highest BCUT2D eigenvalue weighted by atomic mass is 16.5. The van der Waals surface area contributed by atoms with Gasteiger partial charge in [0.1, 0.15) is 0 Å². The topological polar surface area (TPSA) is 41.9 Å². The number of rotatable bonds is 6. The number of nitrogens with zero attached hydrogens (tertiary/aromatic N) is 1. The van der Waals surface area contributed by atoms with Gasteiger partial charge in [-0.3, -0.25) is 4.90 Å². The smallest absolute Gasteiger partial charge is 0.161 e. The molecule has 3 aromatic rings. The summed E-state index contributed by atoms with van der Waals surface area (Å²) in [5, 5.41) is 10.9. The van der Waals surface area contributed by atoms with Crippen molar-refractivity contribution in [3.63, 3.8) is 0 Å². The molecule has 150 valence electrons. The van der Waals surface area contributed by atoms with Crippen molar-refractivity contribution in [2.24, 2.45) is 0 Å². The predicted octanol–water partition coefficient (Wildman–Crippen LogP) is 4.38. The fraction of sp³-hybridized carbons (Fsp3) is 0.280. The van der Waals surface area contributed by atoms with Gasteiger partial charge >= 0.3 is 0 Å². The minimum absolute atomic E-state index is 0.0538. The van der Waals surface area contributed by atoms with E-state index in [1.165, 1.54) is 16.7 Å². The van der Waals surface area contributed by atoms with Crippen molar-refractivity contribution in [2.45, 2.75) is 18.6 Å². The van der Waals surface area contributed by atoms with Crippen LogP contribution in [0.1, 0.15) is 34.4 Å². The molecule has 0 aliphatic carbocycles. The lowest BCUT2D eigenvalue weighted by Gasteiger charge is -2.39. The van der Waals surface area contributed by atoms with E-state index in [-0.39, 0.29) is 6.04 Å². The van der Waals surface area contributed by atoms with Crippen molar-refractivity contribution in [2.75, 3.05) is 27.3 Å². The summed E-state index contributed by atoms with van der Waals surface area (Å²) < 4.78 is 11.1. The molecule has 1 aliphatic heterocycles. The Labute approximate surface area is 172 Å². The van der Waals surface area contributed by atoms with Crippen LogP contribution in [0.15, 0.2) is 72.8 Å².